The largest absolute Gasteiger partial charge is 0.467 e. The predicted molar refractivity (Wildman–Crippen MR) is 156 cm³/mol. The summed E-state index contributed by atoms with van der Waals surface area (Å²) >= 11 is 6.52. The van der Waals surface area contributed by atoms with E-state index in [0.717, 1.165) is 24.1 Å². The van der Waals surface area contributed by atoms with Crippen LogP contribution >= 0.6 is 11.6 Å². The molecule has 210 valence electrons. The molecule has 6 rings (SSSR count). The molecule has 0 unspecified atom stereocenters. The highest BCUT2D eigenvalue weighted by atomic mass is 35.5. The molecule has 1 aromatic carbocycles. The number of carbonyl (C=O) groups is 1. The number of amides is 1. The Labute approximate surface area is 242 Å². The number of hydrogen-bond donors (Lipinski definition) is 0. The highest BCUT2D eigenvalue weighted by Gasteiger charge is 2.31. The van der Waals surface area contributed by atoms with Crippen LogP contribution in [0, 0.1) is 19.7 Å². The summed E-state index contributed by atoms with van der Waals surface area (Å²) in [5, 5.41) is 1.10. The van der Waals surface area contributed by atoms with Crippen molar-refractivity contribution in [3.63, 3.8) is 0 Å². The van der Waals surface area contributed by atoms with Gasteiger partial charge in [0.05, 0.1) is 18.2 Å². The Hall–Kier alpha value is -4.18. The molecule has 1 aliphatic carbocycles. The van der Waals surface area contributed by atoms with Crippen LogP contribution < -0.4 is 9.64 Å². The van der Waals surface area contributed by atoms with E-state index in [1.165, 1.54) is 13.2 Å². The zero-order chi connectivity index (χ0) is 28.7. The third kappa shape index (κ3) is 5.44. The van der Waals surface area contributed by atoms with Gasteiger partial charge in [-0.05, 0) is 56.4 Å². The molecule has 4 aromatic rings. The molecule has 2 fully saturated rings. The van der Waals surface area contributed by atoms with Gasteiger partial charge in [0.25, 0.3) is 0 Å². The van der Waals surface area contributed by atoms with Gasteiger partial charge in [0.1, 0.15) is 22.9 Å². The number of aromatic nitrogens is 5. The summed E-state index contributed by atoms with van der Waals surface area (Å²) in [4.78, 5) is 38.7. The molecule has 1 amide bonds. The van der Waals surface area contributed by atoms with Crippen LogP contribution in [0.2, 0.25) is 5.02 Å². The van der Waals surface area contributed by atoms with Crippen molar-refractivity contribution in [3.8, 4) is 17.3 Å². The van der Waals surface area contributed by atoms with Crippen molar-refractivity contribution >= 4 is 40.3 Å². The molecule has 11 heteroatoms. The third-order valence-electron chi connectivity index (χ3n) is 7.39. The molecule has 9 nitrogen and oxygen atoms in total. The summed E-state index contributed by atoms with van der Waals surface area (Å²) in [6, 6.07) is 7.40. The van der Waals surface area contributed by atoms with Gasteiger partial charge in [0.15, 0.2) is 5.82 Å². The highest BCUT2D eigenvalue weighted by Crippen LogP contribution is 2.48. The van der Waals surface area contributed by atoms with E-state index in [4.69, 9.17) is 16.3 Å². The maximum absolute atomic E-state index is 16.1. The molecule has 1 saturated carbocycles. The van der Waals surface area contributed by atoms with Gasteiger partial charge in [-0.2, -0.15) is 9.97 Å². The van der Waals surface area contributed by atoms with E-state index in [-0.39, 0.29) is 23.1 Å². The molecule has 3 aromatic heterocycles. The molecule has 1 saturated heterocycles. The van der Waals surface area contributed by atoms with E-state index in [9.17, 15) is 4.79 Å². The van der Waals surface area contributed by atoms with Crippen LogP contribution in [0.4, 0.5) is 10.2 Å². The van der Waals surface area contributed by atoms with E-state index in [1.54, 1.807) is 17.2 Å². The summed E-state index contributed by atoms with van der Waals surface area (Å²) in [5.41, 5.74) is 3.50. The highest BCUT2D eigenvalue weighted by molar-refractivity contribution is 6.32. The van der Waals surface area contributed by atoms with Crippen LogP contribution in [0.1, 0.15) is 41.5 Å². The number of rotatable bonds is 6. The fourth-order valence-corrected chi connectivity index (χ4v) is 5.63. The lowest BCUT2D eigenvalue weighted by molar-refractivity contribution is -0.126. The monoisotopic (exact) mass is 573 g/mol. The first-order valence-electron chi connectivity index (χ1n) is 13.6. The van der Waals surface area contributed by atoms with Crippen molar-refractivity contribution in [2.75, 3.05) is 38.2 Å². The Bertz CT molecular complexity index is 1660. The Balaban J connectivity index is 1.26. The molecule has 2 aliphatic rings. The lowest BCUT2D eigenvalue weighted by Gasteiger charge is -2.35. The fourth-order valence-electron chi connectivity index (χ4n) is 5.30. The molecular formula is C30H29ClFN7O2. The minimum absolute atomic E-state index is 0.0638. The number of pyridine rings is 1. The van der Waals surface area contributed by atoms with E-state index in [0.29, 0.717) is 65.4 Å². The number of hydrogen-bond acceptors (Lipinski definition) is 8. The molecule has 0 spiro atoms. The zero-order valence-corrected chi connectivity index (χ0v) is 23.8. The number of halogens is 2. The Morgan fingerprint density at radius 2 is 1.88 bits per heavy atom. The minimum atomic E-state index is -0.539. The summed E-state index contributed by atoms with van der Waals surface area (Å²) in [7, 11) is 1.46. The number of methoxy groups -OCH3 is 1. The van der Waals surface area contributed by atoms with E-state index in [2.05, 4.69) is 24.9 Å². The first kappa shape index (κ1) is 27.0. The molecule has 0 atom stereocenters. The first-order valence-corrected chi connectivity index (χ1v) is 13.9. The Morgan fingerprint density at radius 1 is 1.10 bits per heavy atom. The SMILES string of the molecule is COc1nc(N2CCN(C(=O)/C=C/c3cc(C)nc(C)n3)CC2)c2cnc(-c3cccc(Cl)c3C3CC3)c(F)c2n1. The number of piperazine rings is 1. The van der Waals surface area contributed by atoms with Gasteiger partial charge in [0, 0.05) is 54.7 Å². The standard InChI is InChI=1S/C30H29ClFN7O2/c1-17-15-20(35-18(2)34-17)9-10-24(40)38-11-13-39(14-12-38)29-22-16-33-27(26(32)28(22)36-30(37-29)41-3)21-5-4-6-23(31)25(21)19-7-8-19/h4-6,9-10,15-16,19H,7-8,11-14H2,1-3H3/b10-9+. The fraction of sp³-hybridized carbons (Fsp3) is 0.333. The lowest BCUT2D eigenvalue weighted by atomic mass is 9.99. The van der Waals surface area contributed by atoms with Crippen LogP contribution in [0.3, 0.4) is 0 Å². The predicted octanol–water partition coefficient (Wildman–Crippen LogP) is 5.14. The number of aryl methyl sites for hydroxylation is 2. The molecular weight excluding hydrogens is 545 g/mol. The van der Waals surface area contributed by atoms with Crippen LogP contribution in [0.5, 0.6) is 6.01 Å². The smallest absolute Gasteiger partial charge is 0.318 e. The second kappa shape index (κ2) is 11.0. The summed E-state index contributed by atoms with van der Waals surface area (Å²) in [6.45, 7) is 5.67. The van der Waals surface area contributed by atoms with Gasteiger partial charge in [-0.3, -0.25) is 9.78 Å². The molecule has 0 bridgehead atoms. The van der Waals surface area contributed by atoms with Crippen molar-refractivity contribution in [1.29, 1.82) is 0 Å². The zero-order valence-electron chi connectivity index (χ0n) is 23.1. The van der Waals surface area contributed by atoms with Gasteiger partial charge in [-0.1, -0.05) is 23.7 Å². The number of fused-ring (bicyclic) bond motifs is 1. The summed E-state index contributed by atoms with van der Waals surface area (Å²) in [6.07, 6.45) is 6.91. The van der Waals surface area contributed by atoms with Crippen molar-refractivity contribution in [1.82, 2.24) is 29.8 Å². The van der Waals surface area contributed by atoms with Gasteiger partial charge in [-0.15, -0.1) is 0 Å². The maximum atomic E-state index is 16.1. The topological polar surface area (TPSA) is 97.2 Å². The van der Waals surface area contributed by atoms with Gasteiger partial charge in [-0.25, -0.2) is 14.4 Å². The number of nitrogens with zero attached hydrogens (tertiary/aromatic N) is 7. The third-order valence-corrected chi connectivity index (χ3v) is 7.72. The van der Waals surface area contributed by atoms with Gasteiger partial charge in [0.2, 0.25) is 5.91 Å². The normalized spacial score (nSPS) is 15.6. The quantitative estimate of drug-likeness (QED) is 0.293. The van der Waals surface area contributed by atoms with Crippen LogP contribution in [0.15, 0.2) is 36.5 Å². The summed E-state index contributed by atoms with van der Waals surface area (Å²) in [5.74, 6) is 0.853. The Morgan fingerprint density at radius 3 is 2.59 bits per heavy atom. The van der Waals surface area contributed by atoms with Crippen molar-refractivity contribution in [3.05, 3.63) is 70.2 Å². The Kier molecular flexibility index (Phi) is 7.25. The van der Waals surface area contributed by atoms with Crippen molar-refractivity contribution < 1.29 is 13.9 Å². The average Bonchev–Trinajstić information content (AvgIpc) is 3.80. The number of benzene rings is 1. The van der Waals surface area contributed by atoms with Crippen LogP contribution in [0.25, 0.3) is 28.2 Å². The minimum Gasteiger partial charge on any atom is -0.467 e. The first-order chi connectivity index (χ1) is 19.8. The second-order valence-electron chi connectivity index (χ2n) is 10.3. The van der Waals surface area contributed by atoms with Gasteiger partial charge >= 0.3 is 6.01 Å². The molecule has 0 radical (unpaired) electrons. The van der Waals surface area contributed by atoms with Gasteiger partial charge < -0.3 is 14.5 Å². The van der Waals surface area contributed by atoms with E-state index in [1.807, 2.05) is 43.0 Å². The second-order valence-corrected chi connectivity index (χ2v) is 10.7. The number of carbonyl (C=O) groups excluding carboxylic acids is 1. The molecule has 1 aliphatic heterocycles. The molecule has 41 heavy (non-hydrogen) atoms. The van der Waals surface area contributed by atoms with E-state index < -0.39 is 5.82 Å². The van der Waals surface area contributed by atoms with Crippen LogP contribution in [-0.4, -0.2) is 69.0 Å². The molecule has 4 heterocycles. The summed E-state index contributed by atoms with van der Waals surface area (Å²) < 4.78 is 21.5. The van der Waals surface area contributed by atoms with Crippen molar-refractivity contribution in [2.45, 2.75) is 32.6 Å². The lowest BCUT2D eigenvalue weighted by Crippen LogP contribution is -2.48. The van der Waals surface area contributed by atoms with E-state index >= 15 is 4.39 Å². The number of anilines is 1. The molecule has 0 N–H and O–H groups in total. The number of ether oxygens (including phenoxy) is 1. The van der Waals surface area contributed by atoms with Crippen LogP contribution in [-0.2, 0) is 4.79 Å². The van der Waals surface area contributed by atoms with Crippen molar-refractivity contribution in [2.24, 2.45) is 0 Å². The average molecular weight is 574 g/mol. The maximum Gasteiger partial charge on any atom is 0.318 e.